The third-order valence-corrected chi connectivity index (χ3v) is 11.1. The monoisotopic (exact) mass is 358 g/mol. The van der Waals surface area contributed by atoms with Crippen LogP contribution < -0.4 is 9.16 Å². The van der Waals surface area contributed by atoms with E-state index >= 15 is 0 Å². The summed E-state index contributed by atoms with van der Waals surface area (Å²) in [6.07, 6.45) is 0. The normalized spacial score (nSPS) is 12.2. The molecule has 2 rings (SSSR count). The molecule has 0 saturated heterocycles. The fourth-order valence-corrected chi connectivity index (χ4v) is 9.33. The minimum Gasteiger partial charge on any atom is -0.543 e. The second-order valence-corrected chi connectivity index (χ2v) is 13.0. The van der Waals surface area contributed by atoms with E-state index in [2.05, 4.69) is 41.5 Å². The van der Waals surface area contributed by atoms with E-state index in [9.17, 15) is 4.79 Å². The van der Waals surface area contributed by atoms with E-state index in [0.29, 0.717) is 22.4 Å². The van der Waals surface area contributed by atoms with Crippen LogP contribution in [0.4, 0.5) is 0 Å². The average molecular weight is 359 g/mol. The summed E-state index contributed by atoms with van der Waals surface area (Å²) in [4.78, 5) is 11.4. The molecule has 0 aliphatic heterocycles. The average Bonchev–Trinajstić information content (AvgIpc) is 2.51. The van der Waals surface area contributed by atoms with Gasteiger partial charge < -0.3 is 9.16 Å². The van der Waals surface area contributed by atoms with E-state index in [1.54, 1.807) is 0 Å². The minimum absolute atomic E-state index is 0.311. The number of fused-ring (bicyclic) bond motifs is 1. The predicted molar refractivity (Wildman–Crippen MR) is 107 cm³/mol. The lowest BCUT2D eigenvalue weighted by atomic mass is 10.1. The highest BCUT2D eigenvalue weighted by Crippen LogP contribution is 2.43. The molecule has 0 spiro atoms. The van der Waals surface area contributed by atoms with Crippen LogP contribution in [0.2, 0.25) is 16.6 Å². The van der Waals surface area contributed by atoms with Crippen LogP contribution in [0.5, 0.6) is 11.5 Å². The third-order valence-electron chi connectivity index (χ3n) is 5.07. The van der Waals surface area contributed by atoms with Gasteiger partial charge in [0.2, 0.25) is 0 Å². The number of carbonyl (C=O) groups is 1. The Morgan fingerprint density at radius 1 is 0.920 bits per heavy atom. The molecule has 4 heteroatoms. The van der Waals surface area contributed by atoms with Crippen molar-refractivity contribution in [3.05, 3.63) is 36.4 Å². The number of rotatable bonds is 6. The Labute approximate surface area is 152 Å². The van der Waals surface area contributed by atoms with E-state index < -0.39 is 8.32 Å². The van der Waals surface area contributed by atoms with Gasteiger partial charge in [-0.1, -0.05) is 59.7 Å². The number of hydrogen-bond acceptors (Lipinski definition) is 3. The zero-order chi connectivity index (χ0) is 18.8. The Balaban J connectivity index is 2.52. The van der Waals surface area contributed by atoms with Gasteiger partial charge in [0.05, 0.1) is 0 Å². The van der Waals surface area contributed by atoms with Crippen molar-refractivity contribution in [3.8, 4) is 11.5 Å². The van der Waals surface area contributed by atoms with Crippen LogP contribution in [0, 0.1) is 0 Å². The largest absolute Gasteiger partial charge is 0.543 e. The van der Waals surface area contributed by atoms with Gasteiger partial charge in [0.15, 0.2) is 0 Å². The minimum atomic E-state index is -2.01. The molecule has 0 N–H and O–H groups in total. The Hall–Kier alpha value is -1.81. The molecule has 0 heterocycles. The lowest BCUT2D eigenvalue weighted by Gasteiger charge is -2.42. The molecule has 0 amide bonds. The maximum absolute atomic E-state index is 11.4. The molecule has 0 aliphatic rings. The molecule has 136 valence electrons. The molecule has 0 unspecified atom stereocenters. The zero-order valence-electron chi connectivity index (χ0n) is 16.4. The van der Waals surface area contributed by atoms with Crippen LogP contribution in [-0.2, 0) is 4.79 Å². The van der Waals surface area contributed by atoms with Gasteiger partial charge in [0.1, 0.15) is 11.5 Å². The van der Waals surface area contributed by atoms with Gasteiger partial charge in [-0.25, -0.2) is 0 Å². The molecule has 0 bridgehead atoms. The van der Waals surface area contributed by atoms with Crippen molar-refractivity contribution in [2.24, 2.45) is 0 Å². The molecular formula is C21H30O3Si. The van der Waals surface area contributed by atoms with Crippen molar-refractivity contribution in [1.82, 2.24) is 0 Å². The summed E-state index contributed by atoms with van der Waals surface area (Å²) in [6, 6.07) is 11.8. The highest BCUT2D eigenvalue weighted by Gasteiger charge is 2.47. The predicted octanol–water partition coefficient (Wildman–Crippen LogP) is 6.32. The molecule has 25 heavy (non-hydrogen) atoms. The van der Waals surface area contributed by atoms with E-state index in [-0.39, 0.29) is 5.97 Å². The second kappa shape index (κ2) is 7.61. The van der Waals surface area contributed by atoms with Gasteiger partial charge in [-0.05, 0) is 40.2 Å². The second-order valence-electron chi connectivity index (χ2n) is 7.65. The summed E-state index contributed by atoms with van der Waals surface area (Å²) < 4.78 is 12.1. The van der Waals surface area contributed by atoms with Crippen LogP contribution >= 0.6 is 0 Å². The highest BCUT2D eigenvalue weighted by atomic mass is 28.4. The molecule has 0 radical (unpaired) electrons. The Morgan fingerprint density at radius 3 is 2.04 bits per heavy atom. The lowest BCUT2D eigenvalue weighted by molar-refractivity contribution is -0.131. The topological polar surface area (TPSA) is 35.5 Å². The maximum Gasteiger partial charge on any atom is 0.308 e. The van der Waals surface area contributed by atoms with Gasteiger partial charge in [0.25, 0.3) is 8.32 Å². The quantitative estimate of drug-likeness (QED) is 0.344. The third kappa shape index (κ3) is 3.89. The van der Waals surface area contributed by atoms with Gasteiger partial charge >= 0.3 is 5.97 Å². The number of hydrogen-bond donors (Lipinski definition) is 0. The fourth-order valence-electron chi connectivity index (χ4n) is 4.09. The van der Waals surface area contributed by atoms with Gasteiger partial charge in [-0.3, -0.25) is 4.79 Å². The van der Waals surface area contributed by atoms with E-state index in [1.165, 1.54) is 6.92 Å². The van der Waals surface area contributed by atoms with Gasteiger partial charge in [-0.15, -0.1) is 0 Å². The first kappa shape index (κ1) is 19.5. The van der Waals surface area contributed by atoms with Crippen LogP contribution in [0.3, 0.4) is 0 Å². The Morgan fingerprint density at radius 2 is 1.52 bits per heavy atom. The van der Waals surface area contributed by atoms with Crippen molar-refractivity contribution in [1.29, 1.82) is 0 Å². The van der Waals surface area contributed by atoms with Crippen molar-refractivity contribution in [2.75, 3.05) is 0 Å². The molecule has 0 atom stereocenters. The summed E-state index contributed by atoms with van der Waals surface area (Å²) in [6.45, 7) is 15.1. The number of benzene rings is 2. The van der Waals surface area contributed by atoms with Crippen molar-refractivity contribution < 1.29 is 14.0 Å². The summed E-state index contributed by atoms with van der Waals surface area (Å²) in [5.74, 6) is 1.14. The molecule has 0 aliphatic carbocycles. The SMILES string of the molecule is CC(=O)Oc1cccc2ccc(O[Si](C(C)C)(C(C)C)C(C)C)cc12. The van der Waals surface area contributed by atoms with Crippen molar-refractivity contribution >= 4 is 25.1 Å². The molecule has 0 aromatic heterocycles. The standard InChI is InChI=1S/C21H30O3Si/c1-14(2)25(15(3)4,16(5)6)24-19-12-11-18-9-8-10-21(20(18)13-19)23-17(7)22/h8-16H,1-7H3. The van der Waals surface area contributed by atoms with E-state index in [1.807, 2.05) is 36.4 Å². The van der Waals surface area contributed by atoms with Crippen LogP contribution in [-0.4, -0.2) is 14.3 Å². The highest BCUT2D eigenvalue weighted by molar-refractivity contribution is 6.78. The Bertz CT molecular complexity index is 728. The number of esters is 1. The molecule has 0 fully saturated rings. The molecule has 0 saturated carbocycles. The van der Waals surface area contributed by atoms with Crippen LogP contribution in [0.15, 0.2) is 36.4 Å². The van der Waals surface area contributed by atoms with Crippen LogP contribution in [0.25, 0.3) is 10.8 Å². The first-order valence-corrected chi connectivity index (χ1v) is 11.2. The molecule has 2 aromatic carbocycles. The fraction of sp³-hybridized carbons (Fsp3) is 0.476. The molecule has 2 aromatic rings. The first-order valence-electron chi connectivity index (χ1n) is 9.08. The summed E-state index contributed by atoms with van der Waals surface area (Å²) >= 11 is 0. The summed E-state index contributed by atoms with van der Waals surface area (Å²) in [7, 11) is -2.01. The van der Waals surface area contributed by atoms with E-state index in [0.717, 1.165) is 16.5 Å². The van der Waals surface area contributed by atoms with Crippen molar-refractivity contribution in [2.45, 2.75) is 65.1 Å². The van der Waals surface area contributed by atoms with Crippen molar-refractivity contribution in [3.63, 3.8) is 0 Å². The molecule has 3 nitrogen and oxygen atoms in total. The summed E-state index contributed by atoms with van der Waals surface area (Å²) in [5, 5.41) is 1.95. The van der Waals surface area contributed by atoms with Crippen LogP contribution in [0.1, 0.15) is 48.5 Å². The molecular weight excluding hydrogens is 328 g/mol. The van der Waals surface area contributed by atoms with Gasteiger partial charge in [-0.2, -0.15) is 0 Å². The smallest absolute Gasteiger partial charge is 0.308 e. The maximum atomic E-state index is 11.4. The zero-order valence-corrected chi connectivity index (χ0v) is 17.4. The Kier molecular flexibility index (Phi) is 5.94. The summed E-state index contributed by atoms with van der Waals surface area (Å²) in [5.41, 5.74) is 1.52. The number of ether oxygens (including phenoxy) is 1. The van der Waals surface area contributed by atoms with E-state index in [4.69, 9.17) is 9.16 Å². The first-order chi connectivity index (χ1) is 11.7. The lowest BCUT2D eigenvalue weighted by Crippen LogP contribution is -2.50. The number of carbonyl (C=O) groups excluding carboxylic acids is 1. The van der Waals surface area contributed by atoms with Gasteiger partial charge in [0, 0.05) is 12.3 Å².